The summed E-state index contributed by atoms with van der Waals surface area (Å²) in [5.74, 6) is 1.83. The first-order chi connectivity index (χ1) is 8.23. The van der Waals surface area contributed by atoms with Crippen LogP contribution in [0.4, 0.5) is 0 Å². The molecule has 2 aliphatic rings. The standard InChI is InChI=1S/C15H21NO/c1-3-12-4-6-15(7-5-12)10-17-14-13(15)8-11(2)9-16-14/h8-9,12H,3-7,10H2,1-2H3. The molecule has 2 nitrogen and oxygen atoms in total. The molecule has 0 aromatic carbocycles. The molecule has 0 saturated heterocycles. The lowest BCUT2D eigenvalue weighted by molar-refractivity contribution is 0.177. The Morgan fingerprint density at radius 3 is 2.88 bits per heavy atom. The topological polar surface area (TPSA) is 22.1 Å². The number of aryl methyl sites for hydroxylation is 1. The second kappa shape index (κ2) is 4.01. The van der Waals surface area contributed by atoms with E-state index in [1.54, 1.807) is 0 Å². The summed E-state index contributed by atoms with van der Waals surface area (Å²) in [5, 5.41) is 0. The molecule has 0 unspecified atom stereocenters. The largest absolute Gasteiger partial charge is 0.476 e. The SMILES string of the molecule is CCC1CCC2(CC1)COc1ncc(C)cc12. The van der Waals surface area contributed by atoms with Crippen molar-refractivity contribution in [1.29, 1.82) is 0 Å². The number of ether oxygens (including phenoxy) is 1. The molecular weight excluding hydrogens is 210 g/mol. The normalized spacial score (nSPS) is 31.3. The van der Waals surface area contributed by atoms with Crippen LogP contribution in [0.1, 0.15) is 50.2 Å². The first-order valence-electron chi connectivity index (χ1n) is 6.83. The fraction of sp³-hybridized carbons (Fsp3) is 0.667. The lowest BCUT2D eigenvalue weighted by Crippen LogP contribution is -2.33. The van der Waals surface area contributed by atoms with Gasteiger partial charge in [-0.1, -0.05) is 13.3 Å². The Balaban J connectivity index is 1.90. The minimum Gasteiger partial charge on any atom is -0.476 e. The van der Waals surface area contributed by atoms with Gasteiger partial charge < -0.3 is 4.74 Å². The Labute approximate surface area is 103 Å². The zero-order chi connectivity index (χ0) is 11.9. The maximum atomic E-state index is 5.80. The summed E-state index contributed by atoms with van der Waals surface area (Å²) in [6.45, 7) is 5.29. The predicted octanol–water partition coefficient (Wildman–Crippen LogP) is 3.62. The number of aromatic nitrogens is 1. The Kier molecular flexibility index (Phi) is 2.61. The summed E-state index contributed by atoms with van der Waals surface area (Å²) >= 11 is 0. The quantitative estimate of drug-likeness (QED) is 0.736. The summed E-state index contributed by atoms with van der Waals surface area (Å²) in [4.78, 5) is 4.43. The third kappa shape index (κ3) is 1.74. The Hall–Kier alpha value is -1.05. The van der Waals surface area contributed by atoms with E-state index in [0.717, 1.165) is 18.4 Å². The number of rotatable bonds is 1. The average molecular weight is 231 g/mol. The van der Waals surface area contributed by atoms with Crippen LogP contribution in [0.15, 0.2) is 12.3 Å². The van der Waals surface area contributed by atoms with Gasteiger partial charge in [0.05, 0.1) is 6.61 Å². The number of hydrogen-bond donors (Lipinski definition) is 0. The van der Waals surface area contributed by atoms with Gasteiger partial charge in [-0.05, 0) is 50.2 Å². The summed E-state index contributed by atoms with van der Waals surface area (Å²) in [6, 6.07) is 2.29. The van der Waals surface area contributed by atoms with Crippen molar-refractivity contribution in [3.05, 3.63) is 23.4 Å². The second-order valence-electron chi connectivity index (χ2n) is 5.79. The zero-order valence-corrected chi connectivity index (χ0v) is 10.8. The molecule has 1 aromatic rings. The fourth-order valence-corrected chi connectivity index (χ4v) is 3.39. The van der Waals surface area contributed by atoms with Crippen LogP contribution in [-0.4, -0.2) is 11.6 Å². The highest BCUT2D eigenvalue weighted by molar-refractivity contribution is 5.40. The molecule has 1 aromatic heterocycles. The molecule has 2 heteroatoms. The number of pyridine rings is 1. The van der Waals surface area contributed by atoms with Crippen LogP contribution in [0.2, 0.25) is 0 Å². The van der Waals surface area contributed by atoms with Gasteiger partial charge in [0, 0.05) is 17.2 Å². The van der Waals surface area contributed by atoms with Gasteiger partial charge in [0.15, 0.2) is 0 Å². The van der Waals surface area contributed by atoms with Crippen molar-refractivity contribution >= 4 is 0 Å². The van der Waals surface area contributed by atoms with E-state index in [1.807, 2.05) is 6.20 Å². The van der Waals surface area contributed by atoms with E-state index < -0.39 is 0 Å². The lowest BCUT2D eigenvalue weighted by Gasteiger charge is -2.35. The molecule has 0 radical (unpaired) electrons. The monoisotopic (exact) mass is 231 g/mol. The van der Waals surface area contributed by atoms with Crippen molar-refractivity contribution in [2.75, 3.05) is 6.61 Å². The summed E-state index contributed by atoms with van der Waals surface area (Å²) in [5.41, 5.74) is 2.93. The Morgan fingerprint density at radius 1 is 1.41 bits per heavy atom. The average Bonchev–Trinajstić information content (AvgIpc) is 2.70. The van der Waals surface area contributed by atoms with Crippen LogP contribution >= 0.6 is 0 Å². The van der Waals surface area contributed by atoms with Gasteiger partial charge in [-0.25, -0.2) is 4.98 Å². The van der Waals surface area contributed by atoms with Crippen LogP contribution in [0.5, 0.6) is 5.88 Å². The third-order valence-electron chi connectivity index (χ3n) is 4.68. The van der Waals surface area contributed by atoms with E-state index in [-0.39, 0.29) is 0 Å². The zero-order valence-electron chi connectivity index (χ0n) is 10.8. The van der Waals surface area contributed by atoms with Crippen molar-refractivity contribution in [3.63, 3.8) is 0 Å². The summed E-state index contributed by atoms with van der Waals surface area (Å²) < 4.78 is 5.80. The predicted molar refractivity (Wildman–Crippen MR) is 68.4 cm³/mol. The molecule has 0 amide bonds. The highest BCUT2D eigenvalue weighted by Gasteiger charge is 2.43. The van der Waals surface area contributed by atoms with Gasteiger partial charge in [0.2, 0.25) is 5.88 Å². The van der Waals surface area contributed by atoms with E-state index in [9.17, 15) is 0 Å². The first-order valence-corrected chi connectivity index (χ1v) is 6.83. The molecule has 3 rings (SSSR count). The van der Waals surface area contributed by atoms with E-state index in [2.05, 4.69) is 24.9 Å². The van der Waals surface area contributed by atoms with Crippen LogP contribution in [-0.2, 0) is 5.41 Å². The van der Waals surface area contributed by atoms with Gasteiger partial charge in [-0.2, -0.15) is 0 Å². The van der Waals surface area contributed by atoms with Gasteiger partial charge in [0.1, 0.15) is 0 Å². The molecule has 1 fully saturated rings. The molecule has 1 aliphatic carbocycles. The van der Waals surface area contributed by atoms with E-state index in [1.165, 1.54) is 43.2 Å². The van der Waals surface area contributed by atoms with Crippen molar-refractivity contribution in [2.45, 2.75) is 51.4 Å². The van der Waals surface area contributed by atoms with Crippen LogP contribution in [0, 0.1) is 12.8 Å². The molecule has 92 valence electrons. The van der Waals surface area contributed by atoms with Gasteiger partial charge in [0.25, 0.3) is 0 Å². The van der Waals surface area contributed by atoms with E-state index >= 15 is 0 Å². The van der Waals surface area contributed by atoms with Crippen molar-refractivity contribution in [2.24, 2.45) is 5.92 Å². The molecule has 1 spiro atoms. The summed E-state index contributed by atoms with van der Waals surface area (Å²) in [6.07, 6.45) is 8.51. The lowest BCUT2D eigenvalue weighted by atomic mass is 9.67. The molecule has 1 saturated carbocycles. The number of nitrogens with zero attached hydrogens (tertiary/aromatic N) is 1. The van der Waals surface area contributed by atoms with Gasteiger partial charge in [-0.15, -0.1) is 0 Å². The Bertz CT molecular complexity index is 419. The van der Waals surface area contributed by atoms with Crippen LogP contribution < -0.4 is 4.74 Å². The Morgan fingerprint density at radius 2 is 2.18 bits per heavy atom. The van der Waals surface area contributed by atoms with E-state index in [0.29, 0.717) is 5.41 Å². The van der Waals surface area contributed by atoms with Gasteiger partial charge in [-0.3, -0.25) is 0 Å². The van der Waals surface area contributed by atoms with Crippen molar-refractivity contribution in [3.8, 4) is 5.88 Å². The minimum atomic E-state index is 0.292. The second-order valence-corrected chi connectivity index (χ2v) is 5.79. The molecule has 1 aliphatic heterocycles. The van der Waals surface area contributed by atoms with Crippen LogP contribution in [0.3, 0.4) is 0 Å². The molecule has 2 heterocycles. The molecule has 17 heavy (non-hydrogen) atoms. The first kappa shape index (κ1) is 11.1. The smallest absolute Gasteiger partial charge is 0.217 e. The molecular formula is C15H21NO. The minimum absolute atomic E-state index is 0.292. The highest BCUT2D eigenvalue weighted by atomic mass is 16.5. The maximum Gasteiger partial charge on any atom is 0.217 e. The fourth-order valence-electron chi connectivity index (χ4n) is 3.39. The highest BCUT2D eigenvalue weighted by Crippen LogP contribution is 2.48. The van der Waals surface area contributed by atoms with Crippen LogP contribution in [0.25, 0.3) is 0 Å². The van der Waals surface area contributed by atoms with E-state index in [4.69, 9.17) is 4.74 Å². The third-order valence-corrected chi connectivity index (χ3v) is 4.68. The number of fused-ring (bicyclic) bond motifs is 2. The van der Waals surface area contributed by atoms with Crippen molar-refractivity contribution < 1.29 is 4.74 Å². The molecule has 0 bridgehead atoms. The molecule has 0 atom stereocenters. The summed E-state index contributed by atoms with van der Waals surface area (Å²) in [7, 11) is 0. The number of hydrogen-bond acceptors (Lipinski definition) is 2. The maximum absolute atomic E-state index is 5.80. The van der Waals surface area contributed by atoms with Gasteiger partial charge >= 0.3 is 0 Å². The van der Waals surface area contributed by atoms with Crippen molar-refractivity contribution in [1.82, 2.24) is 4.98 Å². The molecule has 0 N–H and O–H groups in total.